The molecule has 2 aromatic carbocycles. The molecule has 3 rings (SSSR count). The Morgan fingerprint density at radius 2 is 1.68 bits per heavy atom. The van der Waals surface area contributed by atoms with Crippen LogP contribution in [-0.4, -0.2) is 10.9 Å². The summed E-state index contributed by atoms with van der Waals surface area (Å²) >= 11 is 0.974. The number of hydrogen-bond acceptors (Lipinski definition) is 4. The van der Waals surface area contributed by atoms with Crippen LogP contribution in [0.2, 0.25) is 0 Å². The standard InChI is InChI=1S/C18H12F5N3OS/c1-9-15(28-17(24-9)26-11-4-2-10(19)3-5-11)16(27)25-12-6-7-14(20)13(8-12)18(21,22)23/h2-8H,1H3,(H,24,26)(H,25,27). The molecule has 1 amide bonds. The summed E-state index contributed by atoms with van der Waals surface area (Å²) in [5, 5.41) is 5.57. The average Bonchev–Trinajstić information content (AvgIpc) is 2.98. The van der Waals surface area contributed by atoms with Crippen molar-refractivity contribution in [3.8, 4) is 0 Å². The Balaban J connectivity index is 1.78. The Bertz CT molecular complexity index is 1020. The van der Waals surface area contributed by atoms with Gasteiger partial charge in [0.05, 0.1) is 11.3 Å². The fourth-order valence-corrected chi connectivity index (χ4v) is 3.21. The maximum atomic E-state index is 13.4. The number of thiazole rings is 1. The van der Waals surface area contributed by atoms with E-state index in [4.69, 9.17) is 0 Å². The van der Waals surface area contributed by atoms with Gasteiger partial charge >= 0.3 is 6.18 Å². The van der Waals surface area contributed by atoms with Crippen molar-refractivity contribution < 1.29 is 26.7 Å². The number of hydrogen-bond donors (Lipinski definition) is 2. The van der Waals surface area contributed by atoms with Crippen molar-refractivity contribution in [2.45, 2.75) is 13.1 Å². The number of benzene rings is 2. The van der Waals surface area contributed by atoms with E-state index >= 15 is 0 Å². The molecule has 0 bridgehead atoms. The molecule has 10 heteroatoms. The lowest BCUT2D eigenvalue weighted by atomic mass is 10.1. The highest BCUT2D eigenvalue weighted by molar-refractivity contribution is 7.17. The highest BCUT2D eigenvalue weighted by Crippen LogP contribution is 2.33. The van der Waals surface area contributed by atoms with E-state index in [-0.39, 0.29) is 10.6 Å². The average molecular weight is 413 g/mol. The van der Waals surface area contributed by atoms with Gasteiger partial charge in [-0.1, -0.05) is 11.3 Å². The van der Waals surface area contributed by atoms with Crippen molar-refractivity contribution in [1.29, 1.82) is 0 Å². The van der Waals surface area contributed by atoms with Gasteiger partial charge in [0, 0.05) is 11.4 Å². The molecular formula is C18H12F5N3OS. The molecule has 3 aromatic rings. The number of nitrogens with one attached hydrogen (secondary N) is 2. The summed E-state index contributed by atoms with van der Waals surface area (Å²) in [4.78, 5) is 16.7. The van der Waals surface area contributed by atoms with Crippen molar-refractivity contribution in [3.05, 3.63) is 70.2 Å². The van der Waals surface area contributed by atoms with Crippen LogP contribution in [0.4, 0.5) is 38.5 Å². The normalized spacial score (nSPS) is 11.4. The molecule has 28 heavy (non-hydrogen) atoms. The zero-order chi connectivity index (χ0) is 20.5. The molecule has 4 nitrogen and oxygen atoms in total. The van der Waals surface area contributed by atoms with Gasteiger partial charge in [0.25, 0.3) is 5.91 Å². The molecule has 0 spiro atoms. The van der Waals surface area contributed by atoms with E-state index in [0.717, 1.165) is 17.4 Å². The van der Waals surface area contributed by atoms with Gasteiger partial charge in [-0.05, 0) is 49.4 Å². The van der Waals surface area contributed by atoms with Gasteiger partial charge in [0.2, 0.25) is 0 Å². The molecule has 0 fully saturated rings. The van der Waals surface area contributed by atoms with Crippen molar-refractivity contribution >= 4 is 33.8 Å². The fraction of sp³-hybridized carbons (Fsp3) is 0.111. The zero-order valence-electron chi connectivity index (χ0n) is 14.2. The molecule has 0 aliphatic heterocycles. The topological polar surface area (TPSA) is 54.0 Å². The van der Waals surface area contributed by atoms with Gasteiger partial charge in [-0.15, -0.1) is 0 Å². The van der Waals surface area contributed by atoms with Crippen LogP contribution >= 0.6 is 11.3 Å². The Morgan fingerprint density at radius 3 is 2.32 bits per heavy atom. The van der Waals surface area contributed by atoms with Crippen LogP contribution in [0.5, 0.6) is 0 Å². The minimum Gasteiger partial charge on any atom is -0.332 e. The lowest BCUT2D eigenvalue weighted by Crippen LogP contribution is -2.14. The number of carbonyl (C=O) groups excluding carboxylic acids is 1. The summed E-state index contributed by atoms with van der Waals surface area (Å²) in [5.41, 5.74) is -0.759. The minimum absolute atomic E-state index is 0.169. The lowest BCUT2D eigenvalue weighted by molar-refractivity contribution is -0.139. The molecule has 0 aliphatic carbocycles. The summed E-state index contributed by atoms with van der Waals surface area (Å²) in [6, 6.07) is 7.69. The number of nitrogens with zero attached hydrogens (tertiary/aromatic N) is 1. The number of rotatable bonds is 4. The first kappa shape index (κ1) is 19.7. The first-order chi connectivity index (χ1) is 13.1. The predicted octanol–water partition coefficient (Wildman–Crippen LogP) is 5.74. The number of anilines is 3. The van der Waals surface area contributed by atoms with Crippen LogP contribution < -0.4 is 10.6 Å². The molecular weight excluding hydrogens is 401 g/mol. The largest absolute Gasteiger partial charge is 0.419 e. The van der Waals surface area contributed by atoms with Gasteiger partial charge in [-0.2, -0.15) is 13.2 Å². The zero-order valence-corrected chi connectivity index (χ0v) is 15.0. The maximum Gasteiger partial charge on any atom is 0.419 e. The predicted molar refractivity (Wildman–Crippen MR) is 95.9 cm³/mol. The number of halogens is 5. The second-order valence-corrected chi connectivity index (χ2v) is 6.71. The molecule has 1 aromatic heterocycles. The van der Waals surface area contributed by atoms with Crippen LogP contribution in [0.1, 0.15) is 20.9 Å². The number of aromatic nitrogens is 1. The fourth-order valence-electron chi connectivity index (χ4n) is 2.33. The Morgan fingerprint density at radius 1 is 1.04 bits per heavy atom. The van der Waals surface area contributed by atoms with Crippen molar-refractivity contribution in [2.75, 3.05) is 10.6 Å². The number of amides is 1. The smallest absolute Gasteiger partial charge is 0.332 e. The van der Waals surface area contributed by atoms with E-state index in [1.54, 1.807) is 6.92 Å². The molecule has 0 atom stereocenters. The van der Waals surface area contributed by atoms with E-state index < -0.39 is 29.3 Å². The van der Waals surface area contributed by atoms with E-state index in [9.17, 15) is 26.7 Å². The minimum atomic E-state index is -4.88. The van der Waals surface area contributed by atoms with Crippen molar-refractivity contribution in [3.63, 3.8) is 0 Å². The maximum absolute atomic E-state index is 13.4. The van der Waals surface area contributed by atoms with E-state index in [1.165, 1.54) is 24.3 Å². The molecule has 146 valence electrons. The molecule has 0 unspecified atom stereocenters. The highest BCUT2D eigenvalue weighted by Gasteiger charge is 2.34. The summed E-state index contributed by atoms with van der Waals surface area (Å²) in [5.74, 6) is -2.51. The Labute approximate surface area is 160 Å². The number of aryl methyl sites for hydroxylation is 1. The number of alkyl halides is 3. The summed E-state index contributed by atoms with van der Waals surface area (Å²) in [6.45, 7) is 1.56. The highest BCUT2D eigenvalue weighted by atomic mass is 32.1. The van der Waals surface area contributed by atoms with Crippen LogP contribution in [0.3, 0.4) is 0 Å². The third-order valence-corrected chi connectivity index (χ3v) is 4.70. The van der Waals surface area contributed by atoms with Crippen LogP contribution in [-0.2, 0) is 6.18 Å². The monoisotopic (exact) mass is 413 g/mol. The lowest BCUT2D eigenvalue weighted by Gasteiger charge is -2.10. The van der Waals surface area contributed by atoms with Gasteiger partial charge in [-0.25, -0.2) is 13.8 Å². The quantitative estimate of drug-likeness (QED) is 0.536. The molecule has 2 N–H and O–H groups in total. The summed E-state index contributed by atoms with van der Waals surface area (Å²) < 4.78 is 64.7. The van der Waals surface area contributed by atoms with Gasteiger partial charge in [0.1, 0.15) is 16.5 Å². The first-order valence-corrected chi connectivity index (χ1v) is 8.63. The van der Waals surface area contributed by atoms with Gasteiger partial charge < -0.3 is 10.6 Å². The molecule has 1 heterocycles. The Kier molecular flexibility index (Phi) is 5.32. The van der Waals surface area contributed by atoms with E-state index in [2.05, 4.69) is 15.6 Å². The van der Waals surface area contributed by atoms with Gasteiger partial charge in [-0.3, -0.25) is 4.79 Å². The van der Waals surface area contributed by atoms with Crippen molar-refractivity contribution in [1.82, 2.24) is 4.98 Å². The van der Waals surface area contributed by atoms with Crippen LogP contribution in [0.15, 0.2) is 42.5 Å². The van der Waals surface area contributed by atoms with Crippen LogP contribution in [0.25, 0.3) is 0 Å². The van der Waals surface area contributed by atoms with Gasteiger partial charge in [0.15, 0.2) is 5.13 Å². The summed E-state index contributed by atoms with van der Waals surface area (Å²) in [6.07, 6.45) is -4.88. The molecule has 0 radical (unpaired) electrons. The third kappa shape index (κ3) is 4.45. The van der Waals surface area contributed by atoms with Crippen molar-refractivity contribution in [2.24, 2.45) is 0 Å². The van der Waals surface area contributed by atoms with E-state index in [1.807, 2.05) is 0 Å². The molecule has 0 saturated heterocycles. The summed E-state index contributed by atoms with van der Waals surface area (Å²) in [7, 11) is 0. The first-order valence-electron chi connectivity index (χ1n) is 7.81. The number of carbonyl (C=O) groups is 1. The van der Waals surface area contributed by atoms with Crippen LogP contribution in [0, 0.1) is 18.6 Å². The molecule has 0 aliphatic rings. The third-order valence-electron chi connectivity index (χ3n) is 3.63. The molecule has 0 saturated carbocycles. The Hall–Kier alpha value is -3.01. The van der Waals surface area contributed by atoms with E-state index in [0.29, 0.717) is 28.6 Å². The second-order valence-electron chi connectivity index (χ2n) is 5.71. The second kappa shape index (κ2) is 7.55. The SMILES string of the molecule is Cc1nc(Nc2ccc(F)cc2)sc1C(=O)Nc1ccc(F)c(C(F)(F)F)c1.